The maximum Gasteiger partial charge on any atom is 0.257 e. The van der Waals surface area contributed by atoms with E-state index < -0.39 is 0 Å². The van der Waals surface area contributed by atoms with Crippen LogP contribution in [-0.2, 0) is 0 Å². The highest BCUT2D eigenvalue weighted by molar-refractivity contribution is 8.14. The summed E-state index contributed by atoms with van der Waals surface area (Å²) in [6.07, 6.45) is 0. The van der Waals surface area contributed by atoms with Gasteiger partial charge in [-0.3, -0.25) is 9.79 Å². The Morgan fingerprint density at radius 2 is 2.38 bits per heavy atom. The van der Waals surface area contributed by atoms with Crippen molar-refractivity contribution < 1.29 is 4.79 Å². The van der Waals surface area contributed by atoms with Crippen LogP contribution in [0.25, 0.3) is 0 Å². The number of aryl methyl sites for hydroxylation is 1. The number of nitrogens with one attached hydrogen (secondary N) is 1. The van der Waals surface area contributed by atoms with Gasteiger partial charge >= 0.3 is 0 Å². The van der Waals surface area contributed by atoms with Crippen molar-refractivity contribution in [1.29, 1.82) is 0 Å². The summed E-state index contributed by atoms with van der Waals surface area (Å²) in [7, 11) is 0. The van der Waals surface area contributed by atoms with Gasteiger partial charge in [0.1, 0.15) is 0 Å². The van der Waals surface area contributed by atoms with Crippen molar-refractivity contribution >= 4 is 22.8 Å². The van der Waals surface area contributed by atoms with Crippen LogP contribution >= 0.6 is 11.8 Å². The lowest BCUT2D eigenvalue weighted by Gasteiger charge is -2.05. The molecule has 84 valence electrons. The molecule has 1 atom stereocenters. The average Bonchev–Trinajstić information content (AvgIpc) is 2.64. The number of benzene rings is 1. The topological polar surface area (TPSA) is 41.5 Å². The summed E-state index contributed by atoms with van der Waals surface area (Å²) in [5.41, 5.74) is 1.77. The number of hydrogen-bond acceptors (Lipinski definition) is 3. The molecule has 4 heteroatoms. The van der Waals surface area contributed by atoms with E-state index in [1.807, 2.05) is 31.2 Å². The van der Waals surface area contributed by atoms with E-state index in [0.29, 0.717) is 10.8 Å². The molecule has 0 unspecified atom stereocenters. The van der Waals surface area contributed by atoms with E-state index in [-0.39, 0.29) is 5.91 Å². The summed E-state index contributed by atoms with van der Waals surface area (Å²) in [5, 5.41) is 4.03. The van der Waals surface area contributed by atoms with Gasteiger partial charge in [0, 0.05) is 10.8 Å². The van der Waals surface area contributed by atoms with Gasteiger partial charge in [-0.1, -0.05) is 36.4 Å². The molecular formula is C12H14N2OS. The molecule has 2 rings (SSSR count). The highest BCUT2D eigenvalue weighted by Crippen LogP contribution is 2.18. The highest BCUT2D eigenvalue weighted by atomic mass is 32.2. The van der Waals surface area contributed by atoms with E-state index in [0.717, 1.165) is 17.3 Å². The van der Waals surface area contributed by atoms with Crippen LogP contribution in [-0.4, -0.2) is 22.9 Å². The Balaban J connectivity index is 2.04. The minimum atomic E-state index is -0.0796. The first-order valence-corrected chi connectivity index (χ1v) is 6.12. The maximum absolute atomic E-state index is 11.9. The zero-order valence-electron chi connectivity index (χ0n) is 9.36. The standard InChI is InChI=1S/C12H14N2OS/c1-8-4-3-5-10(6-8)11(15)14-12-13-7-9(2)16-12/h3-6,9H,7H2,1-2H3,(H,13,14,15)/t9-/m1/s1. The van der Waals surface area contributed by atoms with Crippen LogP contribution in [0.15, 0.2) is 29.3 Å². The molecule has 0 spiro atoms. The summed E-state index contributed by atoms with van der Waals surface area (Å²) < 4.78 is 0. The van der Waals surface area contributed by atoms with Crippen LogP contribution in [0.2, 0.25) is 0 Å². The van der Waals surface area contributed by atoms with Crippen molar-refractivity contribution in [2.75, 3.05) is 6.54 Å². The van der Waals surface area contributed by atoms with Gasteiger partial charge in [-0.15, -0.1) is 0 Å². The predicted molar refractivity (Wildman–Crippen MR) is 68.0 cm³/mol. The Morgan fingerprint density at radius 1 is 1.56 bits per heavy atom. The van der Waals surface area contributed by atoms with Crippen LogP contribution in [0.5, 0.6) is 0 Å². The quantitative estimate of drug-likeness (QED) is 0.809. The fourth-order valence-corrected chi connectivity index (χ4v) is 2.33. The Morgan fingerprint density at radius 3 is 3.00 bits per heavy atom. The summed E-state index contributed by atoms with van der Waals surface area (Å²) in [6, 6.07) is 7.54. The molecule has 0 bridgehead atoms. The molecule has 0 radical (unpaired) electrons. The fraction of sp³-hybridized carbons (Fsp3) is 0.333. The first-order valence-electron chi connectivity index (χ1n) is 5.24. The summed E-state index contributed by atoms with van der Waals surface area (Å²) in [6.45, 7) is 4.86. The lowest BCUT2D eigenvalue weighted by molar-refractivity contribution is 0.0978. The molecule has 0 aliphatic carbocycles. The van der Waals surface area contributed by atoms with Crippen molar-refractivity contribution in [3.63, 3.8) is 0 Å². The monoisotopic (exact) mass is 234 g/mol. The SMILES string of the molecule is Cc1cccc(C(=O)NC2=NC[C@@H](C)S2)c1. The number of nitrogens with zero attached hydrogens (tertiary/aromatic N) is 1. The first kappa shape index (κ1) is 11.2. The van der Waals surface area contributed by atoms with E-state index in [4.69, 9.17) is 0 Å². The normalized spacial score (nSPS) is 19.4. The molecule has 1 aromatic rings. The van der Waals surface area contributed by atoms with Gasteiger partial charge in [0.2, 0.25) is 0 Å². The maximum atomic E-state index is 11.9. The average molecular weight is 234 g/mol. The smallest absolute Gasteiger partial charge is 0.257 e. The number of rotatable bonds is 1. The van der Waals surface area contributed by atoms with E-state index in [1.165, 1.54) is 0 Å². The van der Waals surface area contributed by atoms with Gasteiger partial charge in [-0.05, 0) is 19.1 Å². The number of amidine groups is 1. The Labute approximate surface area is 99.3 Å². The van der Waals surface area contributed by atoms with Crippen LogP contribution in [0.3, 0.4) is 0 Å². The van der Waals surface area contributed by atoms with Gasteiger partial charge in [0.05, 0.1) is 6.54 Å². The third kappa shape index (κ3) is 2.64. The molecule has 0 fully saturated rings. The largest absolute Gasteiger partial charge is 0.301 e. The molecule has 1 aliphatic heterocycles. The molecule has 1 N–H and O–H groups in total. The molecule has 0 saturated heterocycles. The van der Waals surface area contributed by atoms with Crippen molar-refractivity contribution in [3.8, 4) is 0 Å². The third-order valence-electron chi connectivity index (χ3n) is 2.31. The Kier molecular flexibility index (Phi) is 3.29. The molecule has 1 aromatic carbocycles. The van der Waals surface area contributed by atoms with Crippen molar-refractivity contribution in [2.24, 2.45) is 4.99 Å². The molecular weight excluding hydrogens is 220 g/mol. The molecule has 1 amide bonds. The second-order valence-electron chi connectivity index (χ2n) is 3.90. The van der Waals surface area contributed by atoms with Gasteiger partial charge in [0.25, 0.3) is 5.91 Å². The summed E-state index contributed by atoms with van der Waals surface area (Å²) in [4.78, 5) is 16.1. The number of carbonyl (C=O) groups is 1. The van der Waals surface area contributed by atoms with Gasteiger partial charge in [-0.2, -0.15) is 0 Å². The van der Waals surface area contributed by atoms with E-state index in [1.54, 1.807) is 11.8 Å². The number of hydrogen-bond donors (Lipinski definition) is 1. The lowest BCUT2D eigenvalue weighted by atomic mass is 10.1. The molecule has 3 nitrogen and oxygen atoms in total. The zero-order chi connectivity index (χ0) is 11.5. The highest BCUT2D eigenvalue weighted by Gasteiger charge is 2.17. The second kappa shape index (κ2) is 4.70. The van der Waals surface area contributed by atoms with Gasteiger partial charge < -0.3 is 5.32 Å². The molecule has 1 aliphatic rings. The number of thioether (sulfide) groups is 1. The summed E-state index contributed by atoms with van der Waals surface area (Å²) >= 11 is 1.61. The van der Waals surface area contributed by atoms with E-state index in [9.17, 15) is 4.79 Å². The molecule has 16 heavy (non-hydrogen) atoms. The van der Waals surface area contributed by atoms with Gasteiger partial charge in [0.15, 0.2) is 5.17 Å². The van der Waals surface area contributed by atoms with Crippen LogP contribution in [0.4, 0.5) is 0 Å². The Hall–Kier alpha value is -1.29. The number of carbonyl (C=O) groups excluding carboxylic acids is 1. The first-order chi connectivity index (χ1) is 7.65. The second-order valence-corrected chi connectivity index (χ2v) is 5.33. The molecule has 0 aromatic heterocycles. The Bertz CT molecular complexity index is 442. The predicted octanol–water partition coefficient (Wildman–Crippen LogP) is 2.22. The molecule has 0 saturated carbocycles. The lowest BCUT2D eigenvalue weighted by Crippen LogP contribution is -2.27. The third-order valence-corrected chi connectivity index (χ3v) is 3.31. The van der Waals surface area contributed by atoms with Crippen LogP contribution < -0.4 is 5.32 Å². The zero-order valence-corrected chi connectivity index (χ0v) is 10.2. The number of amides is 1. The van der Waals surface area contributed by atoms with Gasteiger partial charge in [-0.25, -0.2) is 0 Å². The fourth-order valence-electron chi connectivity index (χ4n) is 1.50. The van der Waals surface area contributed by atoms with Crippen LogP contribution in [0, 0.1) is 6.92 Å². The van der Waals surface area contributed by atoms with Crippen molar-refractivity contribution in [2.45, 2.75) is 19.1 Å². The summed E-state index contributed by atoms with van der Waals surface area (Å²) in [5.74, 6) is -0.0796. The molecule has 1 heterocycles. The van der Waals surface area contributed by atoms with E-state index in [2.05, 4.69) is 17.2 Å². The number of aliphatic imine (C=N–C) groups is 1. The van der Waals surface area contributed by atoms with Crippen molar-refractivity contribution in [3.05, 3.63) is 35.4 Å². The minimum Gasteiger partial charge on any atom is -0.301 e. The van der Waals surface area contributed by atoms with Crippen molar-refractivity contribution in [1.82, 2.24) is 5.32 Å². The minimum absolute atomic E-state index is 0.0796. The van der Waals surface area contributed by atoms with Crippen LogP contribution in [0.1, 0.15) is 22.8 Å². The van der Waals surface area contributed by atoms with E-state index >= 15 is 0 Å².